The molecule has 1 aliphatic heterocycles. The van der Waals surface area contributed by atoms with Gasteiger partial charge in [-0.25, -0.2) is 4.39 Å². The number of likely N-dealkylation sites (tertiary alicyclic amines) is 1. The first kappa shape index (κ1) is 12.8. The van der Waals surface area contributed by atoms with Crippen molar-refractivity contribution in [3.05, 3.63) is 34.6 Å². The Labute approximate surface area is 106 Å². The van der Waals surface area contributed by atoms with Gasteiger partial charge in [-0.1, -0.05) is 17.7 Å². The summed E-state index contributed by atoms with van der Waals surface area (Å²) >= 11 is 5.64. The summed E-state index contributed by atoms with van der Waals surface area (Å²) in [6, 6.07) is 4.92. The minimum atomic E-state index is -0.365. The van der Waals surface area contributed by atoms with Crippen molar-refractivity contribution in [3.8, 4) is 0 Å². The first-order valence-electron chi connectivity index (χ1n) is 5.90. The third-order valence-electron chi connectivity index (χ3n) is 3.38. The van der Waals surface area contributed by atoms with Crippen LogP contribution in [0.25, 0.3) is 0 Å². The van der Waals surface area contributed by atoms with Crippen LogP contribution in [-0.2, 0) is 6.54 Å². The molecular formula is C13H17ClFNO. The highest BCUT2D eigenvalue weighted by Gasteiger charge is 2.25. The quantitative estimate of drug-likeness (QED) is 0.900. The Morgan fingerprint density at radius 3 is 2.94 bits per heavy atom. The Morgan fingerprint density at radius 2 is 2.35 bits per heavy atom. The summed E-state index contributed by atoms with van der Waals surface area (Å²) in [6.45, 7) is 4.38. The Balaban J connectivity index is 1.96. The number of hydrogen-bond acceptors (Lipinski definition) is 2. The van der Waals surface area contributed by atoms with Gasteiger partial charge in [-0.15, -0.1) is 0 Å². The summed E-state index contributed by atoms with van der Waals surface area (Å²) in [5.74, 6) is -0.0254. The molecule has 17 heavy (non-hydrogen) atoms. The first-order valence-corrected chi connectivity index (χ1v) is 6.28. The van der Waals surface area contributed by atoms with Gasteiger partial charge >= 0.3 is 0 Å². The van der Waals surface area contributed by atoms with E-state index in [4.69, 9.17) is 11.6 Å². The van der Waals surface area contributed by atoms with Crippen molar-refractivity contribution >= 4 is 11.6 Å². The predicted molar refractivity (Wildman–Crippen MR) is 66.5 cm³/mol. The molecule has 0 bridgehead atoms. The summed E-state index contributed by atoms with van der Waals surface area (Å²) < 4.78 is 13.3. The fraction of sp³-hybridized carbons (Fsp3) is 0.538. The lowest BCUT2D eigenvalue weighted by Gasteiger charge is -2.17. The van der Waals surface area contributed by atoms with Crippen LogP contribution in [0, 0.1) is 11.7 Å². The van der Waals surface area contributed by atoms with Gasteiger partial charge in [0, 0.05) is 13.1 Å². The predicted octanol–water partition coefficient (Wildman–Crippen LogP) is 2.68. The number of halogens is 2. The van der Waals surface area contributed by atoms with Crippen molar-refractivity contribution < 1.29 is 9.50 Å². The van der Waals surface area contributed by atoms with Crippen molar-refractivity contribution in [3.63, 3.8) is 0 Å². The second-order valence-electron chi connectivity index (χ2n) is 4.77. The van der Waals surface area contributed by atoms with E-state index in [1.807, 2.05) is 13.0 Å². The van der Waals surface area contributed by atoms with Crippen LogP contribution in [0.5, 0.6) is 0 Å². The van der Waals surface area contributed by atoms with E-state index in [0.29, 0.717) is 5.92 Å². The molecule has 1 aromatic rings. The molecule has 0 aliphatic carbocycles. The van der Waals surface area contributed by atoms with Crippen LogP contribution in [0.15, 0.2) is 18.2 Å². The van der Waals surface area contributed by atoms with E-state index in [1.165, 1.54) is 6.07 Å². The molecule has 2 rings (SSSR count). The van der Waals surface area contributed by atoms with E-state index in [2.05, 4.69) is 4.90 Å². The monoisotopic (exact) mass is 257 g/mol. The summed E-state index contributed by atoms with van der Waals surface area (Å²) in [5.41, 5.74) is 0.929. The number of rotatable bonds is 3. The van der Waals surface area contributed by atoms with Crippen molar-refractivity contribution in [1.82, 2.24) is 4.90 Å². The third-order valence-corrected chi connectivity index (χ3v) is 3.69. The van der Waals surface area contributed by atoms with E-state index in [9.17, 15) is 9.50 Å². The van der Waals surface area contributed by atoms with E-state index in [1.54, 1.807) is 6.07 Å². The van der Waals surface area contributed by atoms with Crippen molar-refractivity contribution in [1.29, 1.82) is 0 Å². The molecule has 1 saturated heterocycles. The van der Waals surface area contributed by atoms with Gasteiger partial charge in [-0.05, 0) is 43.5 Å². The van der Waals surface area contributed by atoms with Gasteiger partial charge in [0.25, 0.3) is 0 Å². The normalized spacial score (nSPS) is 22.9. The van der Waals surface area contributed by atoms with Crippen LogP contribution in [-0.4, -0.2) is 29.2 Å². The van der Waals surface area contributed by atoms with E-state index in [0.717, 1.165) is 31.6 Å². The van der Waals surface area contributed by atoms with Gasteiger partial charge in [0.1, 0.15) is 5.82 Å². The molecular weight excluding hydrogens is 241 g/mol. The fourth-order valence-electron chi connectivity index (χ4n) is 2.30. The molecule has 1 fully saturated rings. The van der Waals surface area contributed by atoms with E-state index < -0.39 is 0 Å². The SMILES string of the molecule is CC(O)C1CCN(Cc2ccc(Cl)c(F)c2)C1. The van der Waals surface area contributed by atoms with Gasteiger partial charge in [0.2, 0.25) is 0 Å². The lowest BCUT2D eigenvalue weighted by molar-refractivity contribution is 0.127. The van der Waals surface area contributed by atoms with Gasteiger partial charge in [-0.3, -0.25) is 4.90 Å². The smallest absolute Gasteiger partial charge is 0.142 e. The highest BCUT2D eigenvalue weighted by Crippen LogP contribution is 2.23. The van der Waals surface area contributed by atoms with Crippen LogP contribution in [0.3, 0.4) is 0 Å². The molecule has 0 amide bonds. The number of aliphatic hydroxyl groups excluding tert-OH is 1. The molecule has 2 atom stereocenters. The van der Waals surface area contributed by atoms with Crippen molar-refractivity contribution in [2.45, 2.75) is 26.0 Å². The molecule has 4 heteroatoms. The maximum absolute atomic E-state index is 13.3. The summed E-state index contributed by atoms with van der Waals surface area (Å²) in [6.07, 6.45) is 0.746. The fourth-order valence-corrected chi connectivity index (χ4v) is 2.41. The highest BCUT2D eigenvalue weighted by atomic mass is 35.5. The largest absolute Gasteiger partial charge is 0.393 e. The molecule has 94 valence electrons. The molecule has 2 nitrogen and oxygen atoms in total. The molecule has 1 aromatic carbocycles. The Morgan fingerprint density at radius 1 is 1.59 bits per heavy atom. The van der Waals surface area contributed by atoms with Crippen LogP contribution in [0.2, 0.25) is 5.02 Å². The first-order chi connectivity index (χ1) is 8.06. The molecule has 1 heterocycles. The summed E-state index contributed by atoms with van der Waals surface area (Å²) in [4.78, 5) is 2.24. The summed E-state index contributed by atoms with van der Waals surface area (Å²) in [5, 5.41) is 9.68. The zero-order valence-electron chi connectivity index (χ0n) is 9.87. The zero-order valence-corrected chi connectivity index (χ0v) is 10.6. The van der Waals surface area contributed by atoms with Gasteiger partial charge in [-0.2, -0.15) is 0 Å². The Bertz CT molecular complexity index is 397. The number of aliphatic hydroxyl groups is 1. The van der Waals surface area contributed by atoms with Crippen LogP contribution < -0.4 is 0 Å². The summed E-state index contributed by atoms with van der Waals surface area (Å²) in [7, 11) is 0. The average molecular weight is 258 g/mol. The Hall–Kier alpha value is -0.640. The van der Waals surface area contributed by atoms with Crippen molar-refractivity contribution in [2.75, 3.05) is 13.1 Å². The minimum absolute atomic E-state index is 0.164. The topological polar surface area (TPSA) is 23.5 Å². The van der Waals surface area contributed by atoms with E-state index in [-0.39, 0.29) is 16.9 Å². The minimum Gasteiger partial charge on any atom is -0.393 e. The van der Waals surface area contributed by atoms with Gasteiger partial charge in [0.05, 0.1) is 11.1 Å². The maximum atomic E-state index is 13.3. The Kier molecular flexibility index (Phi) is 4.02. The zero-order chi connectivity index (χ0) is 12.4. The molecule has 1 N–H and O–H groups in total. The van der Waals surface area contributed by atoms with E-state index >= 15 is 0 Å². The molecule has 0 aromatic heterocycles. The lowest BCUT2D eigenvalue weighted by Crippen LogP contribution is -2.24. The molecule has 1 aliphatic rings. The lowest BCUT2D eigenvalue weighted by atomic mass is 10.0. The van der Waals surface area contributed by atoms with Crippen LogP contribution >= 0.6 is 11.6 Å². The molecule has 2 unspecified atom stereocenters. The van der Waals surface area contributed by atoms with Gasteiger partial charge < -0.3 is 5.11 Å². The van der Waals surface area contributed by atoms with Gasteiger partial charge in [0.15, 0.2) is 0 Å². The van der Waals surface area contributed by atoms with Crippen molar-refractivity contribution in [2.24, 2.45) is 5.92 Å². The molecule has 0 saturated carbocycles. The number of hydrogen-bond donors (Lipinski definition) is 1. The second kappa shape index (κ2) is 5.34. The molecule has 0 spiro atoms. The average Bonchev–Trinajstić information content (AvgIpc) is 2.72. The maximum Gasteiger partial charge on any atom is 0.142 e. The standard InChI is InChI=1S/C13H17ClFNO/c1-9(17)11-4-5-16(8-11)7-10-2-3-12(14)13(15)6-10/h2-3,6,9,11,17H,4-5,7-8H2,1H3. The number of benzene rings is 1. The van der Waals surface area contributed by atoms with Crippen LogP contribution in [0.4, 0.5) is 4.39 Å². The second-order valence-corrected chi connectivity index (χ2v) is 5.18. The van der Waals surface area contributed by atoms with Crippen LogP contribution in [0.1, 0.15) is 18.9 Å². The number of nitrogens with zero attached hydrogens (tertiary/aromatic N) is 1. The highest BCUT2D eigenvalue weighted by molar-refractivity contribution is 6.30. The third kappa shape index (κ3) is 3.18. The molecule has 0 radical (unpaired) electrons.